The topological polar surface area (TPSA) is 66.5 Å². The van der Waals surface area contributed by atoms with E-state index in [2.05, 4.69) is 11.6 Å². The van der Waals surface area contributed by atoms with Gasteiger partial charge in [-0.2, -0.15) is 0 Å². The fourth-order valence-corrected chi connectivity index (χ4v) is 4.09. The van der Waals surface area contributed by atoms with E-state index in [-0.39, 0.29) is 22.9 Å². The molecule has 1 aromatic carbocycles. The van der Waals surface area contributed by atoms with Gasteiger partial charge in [-0.3, -0.25) is 4.79 Å². The first-order valence-corrected chi connectivity index (χ1v) is 9.77. The number of likely N-dealkylation sites (tertiary alicyclic amines) is 1. The fourth-order valence-electron chi connectivity index (χ4n) is 2.76. The van der Waals surface area contributed by atoms with Gasteiger partial charge in [0.05, 0.1) is 4.90 Å². The maximum atomic E-state index is 12.6. The zero-order valence-corrected chi connectivity index (χ0v) is 14.9. The summed E-state index contributed by atoms with van der Waals surface area (Å²) in [6, 6.07) is 6.35. The number of carbonyl (C=O) groups excluding carboxylic acids is 1. The lowest BCUT2D eigenvalue weighted by atomic mass is 10.0. The smallest absolute Gasteiger partial charge is 0.254 e. The molecule has 0 aromatic heterocycles. The molecule has 1 amide bonds. The average Bonchev–Trinajstić information content (AvgIpc) is 2.54. The minimum atomic E-state index is -3.52. The van der Waals surface area contributed by atoms with Gasteiger partial charge >= 0.3 is 0 Å². The summed E-state index contributed by atoms with van der Waals surface area (Å²) in [4.78, 5) is 14.6. The molecule has 0 spiro atoms. The Morgan fingerprint density at radius 3 is 2.52 bits per heavy atom. The van der Waals surface area contributed by atoms with Gasteiger partial charge < -0.3 is 4.90 Å². The van der Waals surface area contributed by atoms with Crippen LogP contribution in [-0.2, 0) is 10.0 Å². The summed E-state index contributed by atoms with van der Waals surface area (Å²) < 4.78 is 27.1. The van der Waals surface area contributed by atoms with E-state index in [0.717, 1.165) is 32.2 Å². The van der Waals surface area contributed by atoms with Crippen molar-refractivity contribution in [3.63, 3.8) is 0 Å². The Labute approximate surface area is 139 Å². The third-order valence-corrected chi connectivity index (χ3v) is 6.05. The highest BCUT2D eigenvalue weighted by molar-refractivity contribution is 7.89. The first kappa shape index (κ1) is 17.9. The van der Waals surface area contributed by atoms with Crippen LogP contribution in [0.1, 0.15) is 56.8 Å². The number of amides is 1. The maximum absolute atomic E-state index is 12.6. The standard InChI is InChI=1S/C17H26N2O3S/c1-4-13(2)18-23(21,22)16-10-8-15(9-11-16)17(20)19-12-6-5-7-14(19)3/h8-11,13-14,18H,4-7,12H2,1-3H3. The number of nitrogens with one attached hydrogen (secondary N) is 1. The van der Waals surface area contributed by atoms with E-state index in [1.165, 1.54) is 12.1 Å². The fraction of sp³-hybridized carbons (Fsp3) is 0.588. The molecule has 1 aliphatic rings. The number of benzene rings is 1. The number of nitrogens with zero attached hydrogens (tertiary/aromatic N) is 1. The monoisotopic (exact) mass is 338 g/mol. The van der Waals surface area contributed by atoms with Crippen molar-refractivity contribution in [3.8, 4) is 0 Å². The number of hydrogen-bond donors (Lipinski definition) is 1. The molecule has 1 N–H and O–H groups in total. The molecule has 0 aliphatic carbocycles. The Balaban J connectivity index is 2.14. The van der Waals surface area contributed by atoms with Crippen molar-refractivity contribution in [1.82, 2.24) is 9.62 Å². The minimum absolute atomic E-state index is 0.0176. The van der Waals surface area contributed by atoms with Crippen LogP contribution in [0.3, 0.4) is 0 Å². The number of rotatable bonds is 5. The molecular formula is C17H26N2O3S. The first-order valence-electron chi connectivity index (χ1n) is 8.28. The summed E-state index contributed by atoms with van der Waals surface area (Å²) in [5, 5.41) is 0. The molecular weight excluding hydrogens is 312 g/mol. The van der Waals surface area contributed by atoms with E-state index in [9.17, 15) is 13.2 Å². The predicted molar refractivity (Wildman–Crippen MR) is 90.9 cm³/mol. The Hall–Kier alpha value is -1.40. The summed E-state index contributed by atoms with van der Waals surface area (Å²) in [5.74, 6) is -0.0176. The highest BCUT2D eigenvalue weighted by atomic mass is 32.2. The van der Waals surface area contributed by atoms with Crippen molar-refractivity contribution in [3.05, 3.63) is 29.8 Å². The van der Waals surface area contributed by atoms with Crippen molar-refractivity contribution in [2.75, 3.05) is 6.54 Å². The molecule has 23 heavy (non-hydrogen) atoms. The Kier molecular flexibility index (Phi) is 5.81. The van der Waals surface area contributed by atoms with Crippen LogP contribution in [0.5, 0.6) is 0 Å². The highest BCUT2D eigenvalue weighted by Gasteiger charge is 2.24. The van der Waals surface area contributed by atoms with Crippen LogP contribution in [-0.4, -0.2) is 37.9 Å². The van der Waals surface area contributed by atoms with Gasteiger partial charge in [0.15, 0.2) is 0 Å². The van der Waals surface area contributed by atoms with Crippen molar-refractivity contribution >= 4 is 15.9 Å². The van der Waals surface area contributed by atoms with Gasteiger partial charge in [0, 0.05) is 24.2 Å². The summed E-state index contributed by atoms with van der Waals surface area (Å²) in [6.07, 6.45) is 3.93. The van der Waals surface area contributed by atoms with E-state index < -0.39 is 10.0 Å². The van der Waals surface area contributed by atoms with Gasteiger partial charge in [0.25, 0.3) is 5.91 Å². The second-order valence-electron chi connectivity index (χ2n) is 6.30. The summed E-state index contributed by atoms with van der Waals surface area (Å²) in [7, 11) is -3.52. The van der Waals surface area contributed by atoms with Crippen LogP contribution in [0.4, 0.5) is 0 Å². The predicted octanol–water partition coefficient (Wildman–Crippen LogP) is 2.78. The number of hydrogen-bond acceptors (Lipinski definition) is 3. The van der Waals surface area contributed by atoms with Crippen LogP contribution < -0.4 is 4.72 Å². The first-order chi connectivity index (χ1) is 10.8. The van der Waals surface area contributed by atoms with E-state index in [0.29, 0.717) is 5.56 Å². The van der Waals surface area contributed by atoms with E-state index in [1.54, 1.807) is 12.1 Å². The zero-order valence-electron chi connectivity index (χ0n) is 14.1. The molecule has 2 atom stereocenters. The summed E-state index contributed by atoms with van der Waals surface area (Å²) in [6.45, 7) is 6.59. The van der Waals surface area contributed by atoms with Crippen molar-refractivity contribution in [2.45, 2.75) is 63.4 Å². The largest absolute Gasteiger partial charge is 0.336 e. The third-order valence-electron chi connectivity index (χ3n) is 4.44. The molecule has 2 rings (SSSR count). The molecule has 6 heteroatoms. The lowest BCUT2D eigenvalue weighted by Gasteiger charge is -2.33. The second kappa shape index (κ2) is 7.45. The molecule has 1 aromatic rings. The van der Waals surface area contributed by atoms with E-state index >= 15 is 0 Å². The quantitative estimate of drug-likeness (QED) is 0.898. The molecule has 2 unspecified atom stereocenters. The molecule has 0 bridgehead atoms. The Bertz CT molecular complexity index is 640. The second-order valence-corrected chi connectivity index (χ2v) is 8.01. The number of piperidine rings is 1. The molecule has 5 nitrogen and oxygen atoms in total. The lowest BCUT2D eigenvalue weighted by molar-refractivity contribution is 0.0635. The molecule has 1 fully saturated rings. The SMILES string of the molecule is CCC(C)NS(=O)(=O)c1ccc(C(=O)N2CCCCC2C)cc1. The molecule has 1 heterocycles. The lowest BCUT2D eigenvalue weighted by Crippen LogP contribution is -2.42. The number of carbonyl (C=O) groups is 1. The van der Waals surface area contributed by atoms with Gasteiger partial charge in [-0.05, 0) is 63.8 Å². The molecule has 0 radical (unpaired) electrons. The average molecular weight is 338 g/mol. The van der Waals surface area contributed by atoms with Crippen molar-refractivity contribution in [2.24, 2.45) is 0 Å². The molecule has 128 valence electrons. The normalized spacial score (nSPS) is 20.3. The summed E-state index contributed by atoms with van der Waals surface area (Å²) in [5.41, 5.74) is 0.543. The third kappa shape index (κ3) is 4.32. The van der Waals surface area contributed by atoms with Crippen LogP contribution >= 0.6 is 0 Å². The van der Waals surface area contributed by atoms with Gasteiger partial charge in [-0.25, -0.2) is 13.1 Å². The van der Waals surface area contributed by atoms with Gasteiger partial charge in [-0.1, -0.05) is 6.92 Å². The van der Waals surface area contributed by atoms with Crippen LogP contribution in [0, 0.1) is 0 Å². The molecule has 1 aliphatic heterocycles. The molecule has 0 saturated carbocycles. The van der Waals surface area contributed by atoms with Crippen molar-refractivity contribution in [1.29, 1.82) is 0 Å². The molecule has 1 saturated heterocycles. The van der Waals surface area contributed by atoms with Gasteiger partial charge in [0.2, 0.25) is 10.0 Å². The van der Waals surface area contributed by atoms with Gasteiger partial charge in [0.1, 0.15) is 0 Å². The minimum Gasteiger partial charge on any atom is -0.336 e. The zero-order chi connectivity index (χ0) is 17.0. The van der Waals surface area contributed by atoms with Crippen molar-refractivity contribution < 1.29 is 13.2 Å². The van der Waals surface area contributed by atoms with Gasteiger partial charge in [-0.15, -0.1) is 0 Å². The van der Waals surface area contributed by atoms with Crippen LogP contribution in [0.2, 0.25) is 0 Å². The highest BCUT2D eigenvalue weighted by Crippen LogP contribution is 2.20. The maximum Gasteiger partial charge on any atom is 0.254 e. The summed E-state index contributed by atoms with van der Waals surface area (Å²) >= 11 is 0. The van der Waals surface area contributed by atoms with Crippen LogP contribution in [0.25, 0.3) is 0 Å². The van der Waals surface area contributed by atoms with E-state index in [1.807, 2.05) is 18.7 Å². The van der Waals surface area contributed by atoms with Crippen LogP contribution in [0.15, 0.2) is 29.2 Å². The van der Waals surface area contributed by atoms with E-state index in [4.69, 9.17) is 0 Å². The Morgan fingerprint density at radius 1 is 1.30 bits per heavy atom. The Morgan fingerprint density at radius 2 is 1.96 bits per heavy atom. The number of sulfonamides is 1.